The van der Waals surface area contributed by atoms with Gasteiger partial charge in [0.15, 0.2) is 0 Å². The van der Waals surface area contributed by atoms with Gasteiger partial charge in [-0.05, 0) is 25.7 Å². The highest BCUT2D eigenvalue weighted by molar-refractivity contribution is 7.91. The summed E-state index contributed by atoms with van der Waals surface area (Å²) in [5.74, 6) is 1.49. The lowest BCUT2D eigenvalue weighted by Gasteiger charge is -2.44. The Morgan fingerprint density at radius 1 is 1.31 bits per heavy atom. The molecule has 4 nitrogen and oxygen atoms in total. The maximum Gasteiger partial charge on any atom is 0.150 e. The summed E-state index contributed by atoms with van der Waals surface area (Å²) in [6.07, 6.45) is 1.44. The summed E-state index contributed by atoms with van der Waals surface area (Å²) < 4.78 is 28.6. The molecule has 2 aliphatic rings. The normalized spacial score (nSPS) is 40.8. The van der Waals surface area contributed by atoms with Gasteiger partial charge in [-0.25, -0.2) is 8.42 Å². The van der Waals surface area contributed by atoms with Gasteiger partial charge in [0.05, 0.1) is 18.1 Å². The first kappa shape index (κ1) is 12.3. The molecule has 2 fully saturated rings. The predicted molar refractivity (Wildman–Crippen MR) is 62.9 cm³/mol. The average Bonchev–Trinajstić information content (AvgIpc) is 2.22. The van der Waals surface area contributed by atoms with Crippen LogP contribution in [0.15, 0.2) is 0 Å². The fraction of sp³-hybridized carbons (Fsp3) is 1.00. The molecule has 2 heterocycles. The molecule has 5 heteroatoms. The molecule has 0 spiro atoms. The Hall–Kier alpha value is -0.130. The summed E-state index contributed by atoms with van der Waals surface area (Å²) in [5, 5.41) is 3.43. The average molecular weight is 247 g/mol. The van der Waals surface area contributed by atoms with Gasteiger partial charge in [-0.1, -0.05) is 6.92 Å². The number of rotatable bonds is 1. The molecule has 2 atom stereocenters. The van der Waals surface area contributed by atoms with E-state index in [1.807, 2.05) is 0 Å². The van der Waals surface area contributed by atoms with E-state index in [-0.39, 0.29) is 5.72 Å². The van der Waals surface area contributed by atoms with Gasteiger partial charge in [-0.3, -0.25) is 5.32 Å². The van der Waals surface area contributed by atoms with Crippen molar-refractivity contribution in [3.63, 3.8) is 0 Å². The molecule has 0 saturated carbocycles. The molecule has 0 radical (unpaired) electrons. The minimum absolute atomic E-state index is 0.313. The van der Waals surface area contributed by atoms with E-state index in [4.69, 9.17) is 4.74 Å². The van der Waals surface area contributed by atoms with Crippen LogP contribution in [0, 0.1) is 11.8 Å². The first-order valence-corrected chi connectivity index (χ1v) is 7.83. The van der Waals surface area contributed by atoms with E-state index in [1.54, 1.807) is 0 Å². The predicted octanol–water partition coefficient (Wildman–Crippen LogP) is 0.783. The minimum atomic E-state index is -2.78. The fourth-order valence-electron chi connectivity index (χ4n) is 2.51. The molecule has 16 heavy (non-hydrogen) atoms. The molecule has 0 amide bonds. The summed E-state index contributed by atoms with van der Waals surface area (Å²) in [6.45, 7) is 5.94. The van der Waals surface area contributed by atoms with Gasteiger partial charge in [-0.2, -0.15) is 0 Å². The molecule has 0 aromatic carbocycles. The van der Waals surface area contributed by atoms with Crippen LogP contribution in [0.1, 0.15) is 26.7 Å². The first-order chi connectivity index (χ1) is 7.41. The maximum absolute atomic E-state index is 11.4. The van der Waals surface area contributed by atoms with Crippen molar-refractivity contribution < 1.29 is 13.2 Å². The lowest BCUT2D eigenvalue weighted by Crippen LogP contribution is -2.58. The number of sulfone groups is 1. The quantitative estimate of drug-likeness (QED) is 0.744. The van der Waals surface area contributed by atoms with Crippen molar-refractivity contribution in [2.24, 2.45) is 11.8 Å². The highest BCUT2D eigenvalue weighted by Gasteiger charge is 2.40. The fourth-order valence-corrected chi connectivity index (χ4v) is 4.00. The van der Waals surface area contributed by atoms with Gasteiger partial charge in [0, 0.05) is 12.5 Å². The van der Waals surface area contributed by atoms with Gasteiger partial charge in [-0.15, -0.1) is 0 Å². The largest absolute Gasteiger partial charge is 0.360 e. The first-order valence-electron chi connectivity index (χ1n) is 6.01. The monoisotopic (exact) mass is 247 g/mol. The smallest absolute Gasteiger partial charge is 0.150 e. The Balaban J connectivity index is 1.98. The molecule has 94 valence electrons. The Bertz CT molecular complexity index is 330. The van der Waals surface area contributed by atoms with Crippen LogP contribution in [0.25, 0.3) is 0 Å². The van der Waals surface area contributed by atoms with Gasteiger partial charge < -0.3 is 4.74 Å². The summed E-state index contributed by atoms with van der Waals surface area (Å²) in [4.78, 5) is 0. The standard InChI is InChI=1S/C11H21NO3S/c1-9-7-12-11(2,15-8-9)10-3-5-16(13,14)6-4-10/h9-10,12H,3-8H2,1-2H3. The molecule has 2 unspecified atom stereocenters. The summed E-state index contributed by atoms with van der Waals surface area (Å²) in [6, 6.07) is 0. The van der Waals surface area contributed by atoms with E-state index in [2.05, 4.69) is 19.2 Å². The van der Waals surface area contributed by atoms with E-state index in [0.29, 0.717) is 23.3 Å². The van der Waals surface area contributed by atoms with Crippen LogP contribution < -0.4 is 5.32 Å². The van der Waals surface area contributed by atoms with Crippen molar-refractivity contribution in [2.75, 3.05) is 24.7 Å². The van der Waals surface area contributed by atoms with Crippen molar-refractivity contribution in [3.8, 4) is 0 Å². The lowest BCUT2D eigenvalue weighted by molar-refractivity contribution is -0.137. The van der Waals surface area contributed by atoms with Crippen LogP contribution in [0.3, 0.4) is 0 Å². The highest BCUT2D eigenvalue weighted by atomic mass is 32.2. The molecular weight excluding hydrogens is 226 g/mol. The second-order valence-electron chi connectivity index (χ2n) is 5.33. The van der Waals surface area contributed by atoms with Crippen molar-refractivity contribution in [2.45, 2.75) is 32.4 Å². The summed E-state index contributed by atoms with van der Waals surface area (Å²) >= 11 is 0. The molecule has 0 aromatic heterocycles. The minimum Gasteiger partial charge on any atom is -0.360 e. The number of nitrogens with one attached hydrogen (secondary N) is 1. The van der Waals surface area contributed by atoms with Gasteiger partial charge in [0.1, 0.15) is 15.6 Å². The van der Waals surface area contributed by atoms with Crippen LogP contribution >= 0.6 is 0 Å². The third-order valence-electron chi connectivity index (χ3n) is 3.80. The van der Waals surface area contributed by atoms with Crippen LogP contribution in [0.5, 0.6) is 0 Å². The second-order valence-corrected chi connectivity index (χ2v) is 7.63. The number of hydrogen-bond acceptors (Lipinski definition) is 4. The number of ether oxygens (including phenoxy) is 1. The molecule has 0 aromatic rings. The van der Waals surface area contributed by atoms with Crippen LogP contribution in [-0.4, -0.2) is 38.8 Å². The molecule has 2 aliphatic heterocycles. The van der Waals surface area contributed by atoms with Crippen LogP contribution in [0.2, 0.25) is 0 Å². The summed E-state index contributed by atoms with van der Waals surface area (Å²) in [5.41, 5.74) is -0.317. The Labute approximate surface area is 97.7 Å². The van der Waals surface area contributed by atoms with Crippen LogP contribution in [0.4, 0.5) is 0 Å². The van der Waals surface area contributed by atoms with E-state index in [9.17, 15) is 8.42 Å². The molecule has 0 bridgehead atoms. The number of hydrogen-bond donors (Lipinski definition) is 1. The molecule has 2 saturated heterocycles. The van der Waals surface area contributed by atoms with Crippen LogP contribution in [-0.2, 0) is 14.6 Å². The SMILES string of the molecule is CC1CNC(C)(C2CCS(=O)(=O)CC2)OC1. The molecule has 2 rings (SSSR count). The van der Waals surface area contributed by atoms with E-state index < -0.39 is 9.84 Å². The second kappa shape index (κ2) is 4.27. The van der Waals surface area contributed by atoms with Gasteiger partial charge in [0.25, 0.3) is 0 Å². The van der Waals surface area contributed by atoms with E-state index in [0.717, 1.165) is 26.0 Å². The van der Waals surface area contributed by atoms with Gasteiger partial charge in [0.2, 0.25) is 0 Å². The van der Waals surface area contributed by atoms with Gasteiger partial charge >= 0.3 is 0 Å². The zero-order valence-electron chi connectivity index (χ0n) is 10.0. The maximum atomic E-state index is 11.4. The zero-order valence-corrected chi connectivity index (χ0v) is 10.8. The van der Waals surface area contributed by atoms with E-state index >= 15 is 0 Å². The zero-order chi connectivity index (χ0) is 11.8. The Kier molecular flexibility index (Phi) is 3.29. The van der Waals surface area contributed by atoms with Crippen molar-refractivity contribution in [3.05, 3.63) is 0 Å². The Morgan fingerprint density at radius 2 is 1.94 bits per heavy atom. The summed E-state index contributed by atoms with van der Waals surface area (Å²) in [7, 11) is -2.78. The third kappa shape index (κ3) is 2.57. The lowest BCUT2D eigenvalue weighted by atomic mass is 9.89. The van der Waals surface area contributed by atoms with E-state index in [1.165, 1.54) is 0 Å². The highest BCUT2D eigenvalue weighted by Crippen LogP contribution is 2.32. The molecule has 0 aliphatic carbocycles. The van der Waals surface area contributed by atoms with Crippen molar-refractivity contribution >= 4 is 9.84 Å². The topological polar surface area (TPSA) is 55.4 Å². The molecule has 1 N–H and O–H groups in total. The molecular formula is C11H21NO3S. The third-order valence-corrected chi connectivity index (χ3v) is 5.52. The van der Waals surface area contributed by atoms with Crippen molar-refractivity contribution in [1.29, 1.82) is 0 Å². The Morgan fingerprint density at radius 3 is 2.44 bits per heavy atom. The van der Waals surface area contributed by atoms with Crippen molar-refractivity contribution in [1.82, 2.24) is 5.32 Å².